The van der Waals surface area contributed by atoms with Crippen LogP contribution in [0.2, 0.25) is 0 Å². The van der Waals surface area contributed by atoms with Crippen LogP contribution >= 0.6 is 11.3 Å². The number of alkyl halides is 2. The Kier molecular flexibility index (Phi) is 3.83. The Morgan fingerprint density at radius 1 is 1.69 bits per heavy atom. The van der Waals surface area contributed by atoms with Crippen molar-refractivity contribution in [1.29, 1.82) is 0 Å². The summed E-state index contributed by atoms with van der Waals surface area (Å²) in [6.45, 7) is 4.03. The normalized spacial score (nSPS) is 22.9. The molecule has 16 heavy (non-hydrogen) atoms. The van der Waals surface area contributed by atoms with E-state index in [0.717, 1.165) is 10.6 Å². The summed E-state index contributed by atoms with van der Waals surface area (Å²) in [5, 5.41) is 0. The van der Waals surface area contributed by atoms with Crippen LogP contribution in [0.3, 0.4) is 0 Å². The lowest BCUT2D eigenvalue weighted by Crippen LogP contribution is -2.45. The third-order valence-corrected chi connectivity index (χ3v) is 3.59. The largest absolute Gasteiger partial charge is 0.370 e. The Hall–Kier alpha value is -0.590. The topological polar surface area (TPSA) is 25.4 Å². The standard InChI is InChI=1S/C10H14F2N2OS/c1-7-9(16-6-13-7)5-14-2-3-15-8(4-14)10(11)12/h6,8,10H,2-5H2,1H3/t8-/m0/s1. The van der Waals surface area contributed by atoms with Crippen molar-refractivity contribution in [3.63, 3.8) is 0 Å². The van der Waals surface area contributed by atoms with E-state index in [9.17, 15) is 8.78 Å². The molecular weight excluding hydrogens is 234 g/mol. The molecule has 0 aliphatic carbocycles. The van der Waals surface area contributed by atoms with Gasteiger partial charge in [0.1, 0.15) is 6.10 Å². The van der Waals surface area contributed by atoms with Gasteiger partial charge in [-0.1, -0.05) is 0 Å². The third kappa shape index (κ3) is 2.75. The number of morpholine rings is 1. The highest BCUT2D eigenvalue weighted by Crippen LogP contribution is 2.18. The first kappa shape index (κ1) is 11.9. The number of hydrogen-bond donors (Lipinski definition) is 0. The second-order valence-electron chi connectivity index (χ2n) is 3.84. The van der Waals surface area contributed by atoms with Crippen LogP contribution in [0.1, 0.15) is 10.6 Å². The van der Waals surface area contributed by atoms with Crippen molar-refractivity contribution >= 4 is 11.3 Å². The number of hydrogen-bond acceptors (Lipinski definition) is 4. The van der Waals surface area contributed by atoms with Crippen molar-refractivity contribution in [1.82, 2.24) is 9.88 Å². The molecule has 0 bridgehead atoms. The van der Waals surface area contributed by atoms with Gasteiger partial charge in [-0.05, 0) is 6.92 Å². The molecule has 0 unspecified atom stereocenters. The van der Waals surface area contributed by atoms with Gasteiger partial charge in [-0.2, -0.15) is 0 Å². The minimum absolute atomic E-state index is 0.301. The molecule has 90 valence electrons. The number of ether oxygens (including phenoxy) is 1. The monoisotopic (exact) mass is 248 g/mol. The highest BCUT2D eigenvalue weighted by Gasteiger charge is 2.28. The van der Waals surface area contributed by atoms with Crippen LogP contribution in [-0.4, -0.2) is 42.1 Å². The van der Waals surface area contributed by atoms with Gasteiger partial charge in [-0.3, -0.25) is 4.90 Å². The first-order valence-corrected chi connectivity index (χ1v) is 6.06. The Labute approximate surface area is 97.0 Å². The van der Waals surface area contributed by atoms with Crippen molar-refractivity contribution in [2.24, 2.45) is 0 Å². The van der Waals surface area contributed by atoms with Crippen molar-refractivity contribution in [3.05, 3.63) is 16.1 Å². The second-order valence-corrected chi connectivity index (χ2v) is 4.78. The molecule has 0 spiro atoms. The van der Waals surface area contributed by atoms with Crippen molar-refractivity contribution < 1.29 is 13.5 Å². The zero-order chi connectivity index (χ0) is 11.5. The molecule has 1 saturated heterocycles. The van der Waals surface area contributed by atoms with Gasteiger partial charge in [0.15, 0.2) is 0 Å². The maximum Gasteiger partial charge on any atom is 0.265 e. The van der Waals surface area contributed by atoms with Gasteiger partial charge < -0.3 is 4.74 Å². The average Bonchev–Trinajstić information content (AvgIpc) is 2.65. The van der Waals surface area contributed by atoms with E-state index >= 15 is 0 Å². The van der Waals surface area contributed by atoms with Gasteiger partial charge in [0, 0.05) is 24.5 Å². The van der Waals surface area contributed by atoms with Gasteiger partial charge in [-0.25, -0.2) is 13.8 Å². The molecule has 1 aromatic rings. The Morgan fingerprint density at radius 3 is 3.12 bits per heavy atom. The van der Waals surface area contributed by atoms with E-state index in [-0.39, 0.29) is 0 Å². The lowest BCUT2D eigenvalue weighted by Gasteiger charge is -2.32. The van der Waals surface area contributed by atoms with E-state index in [1.165, 1.54) is 0 Å². The van der Waals surface area contributed by atoms with Gasteiger partial charge in [0.05, 0.1) is 17.8 Å². The highest BCUT2D eigenvalue weighted by atomic mass is 32.1. The number of nitrogens with zero attached hydrogens (tertiary/aromatic N) is 2. The summed E-state index contributed by atoms with van der Waals surface area (Å²) in [5.74, 6) is 0. The minimum atomic E-state index is -2.40. The lowest BCUT2D eigenvalue weighted by molar-refractivity contribution is -0.104. The van der Waals surface area contributed by atoms with Crippen molar-refractivity contribution in [2.45, 2.75) is 26.0 Å². The van der Waals surface area contributed by atoms with E-state index in [4.69, 9.17) is 4.74 Å². The van der Waals surface area contributed by atoms with Crippen LogP contribution in [-0.2, 0) is 11.3 Å². The fraction of sp³-hybridized carbons (Fsp3) is 0.700. The predicted octanol–water partition coefficient (Wildman–Crippen LogP) is 1.92. The summed E-state index contributed by atoms with van der Waals surface area (Å²) in [5.41, 5.74) is 2.78. The molecule has 0 saturated carbocycles. The second kappa shape index (κ2) is 5.16. The summed E-state index contributed by atoms with van der Waals surface area (Å²) >= 11 is 1.57. The first-order valence-electron chi connectivity index (χ1n) is 5.18. The molecule has 1 aliphatic heterocycles. The average molecular weight is 248 g/mol. The number of aromatic nitrogens is 1. The highest BCUT2D eigenvalue weighted by molar-refractivity contribution is 7.09. The molecule has 0 amide bonds. The Bertz CT molecular complexity index is 345. The van der Waals surface area contributed by atoms with Crippen LogP contribution in [0.4, 0.5) is 8.78 Å². The van der Waals surface area contributed by atoms with Crippen LogP contribution in [0.5, 0.6) is 0 Å². The van der Waals surface area contributed by atoms with E-state index in [1.807, 2.05) is 11.8 Å². The van der Waals surface area contributed by atoms with Gasteiger partial charge in [-0.15, -0.1) is 11.3 Å². The van der Waals surface area contributed by atoms with Crippen molar-refractivity contribution in [2.75, 3.05) is 19.7 Å². The maximum absolute atomic E-state index is 12.5. The molecule has 3 nitrogen and oxygen atoms in total. The summed E-state index contributed by atoms with van der Waals surface area (Å²) in [6, 6.07) is 0. The van der Waals surface area contributed by atoms with Gasteiger partial charge in [0.2, 0.25) is 0 Å². The zero-order valence-corrected chi connectivity index (χ0v) is 9.84. The summed E-state index contributed by atoms with van der Waals surface area (Å²) < 4.78 is 30.0. The Balaban J connectivity index is 1.93. The number of aryl methyl sites for hydroxylation is 1. The molecule has 2 rings (SSSR count). The van der Waals surface area contributed by atoms with Gasteiger partial charge >= 0.3 is 0 Å². The fourth-order valence-corrected chi connectivity index (χ4v) is 2.53. The maximum atomic E-state index is 12.5. The lowest BCUT2D eigenvalue weighted by atomic mass is 10.2. The predicted molar refractivity (Wildman–Crippen MR) is 57.9 cm³/mol. The molecule has 2 heterocycles. The molecule has 1 atom stereocenters. The summed E-state index contributed by atoms with van der Waals surface area (Å²) in [4.78, 5) is 7.30. The fourth-order valence-electron chi connectivity index (χ4n) is 1.71. The molecule has 1 aromatic heterocycles. The third-order valence-electron chi connectivity index (χ3n) is 2.67. The van der Waals surface area contributed by atoms with Crippen LogP contribution in [0.15, 0.2) is 5.51 Å². The van der Waals surface area contributed by atoms with E-state index in [1.54, 1.807) is 16.8 Å². The van der Waals surface area contributed by atoms with E-state index in [2.05, 4.69) is 4.98 Å². The molecule has 0 radical (unpaired) electrons. The summed E-state index contributed by atoms with van der Waals surface area (Å²) in [6.07, 6.45) is -3.34. The SMILES string of the molecule is Cc1ncsc1CN1CCO[C@H](C(F)F)C1. The van der Waals surface area contributed by atoms with Crippen molar-refractivity contribution in [3.8, 4) is 0 Å². The minimum Gasteiger partial charge on any atom is -0.370 e. The smallest absolute Gasteiger partial charge is 0.265 e. The molecular formula is C10H14F2N2OS. The Morgan fingerprint density at radius 2 is 2.50 bits per heavy atom. The van der Waals surface area contributed by atoms with Crippen LogP contribution in [0.25, 0.3) is 0 Å². The van der Waals surface area contributed by atoms with E-state index < -0.39 is 12.5 Å². The molecule has 6 heteroatoms. The zero-order valence-electron chi connectivity index (χ0n) is 9.03. The molecule has 0 N–H and O–H groups in total. The number of thiazole rings is 1. The molecule has 1 fully saturated rings. The first-order chi connectivity index (χ1) is 7.66. The molecule has 1 aliphatic rings. The van der Waals surface area contributed by atoms with E-state index in [0.29, 0.717) is 26.2 Å². The number of rotatable bonds is 3. The van der Waals surface area contributed by atoms with Gasteiger partial charge in [0.25, 0.3) is 6.43 Å². The summed E-state index contributed by atoms with van der Waals surface area (Å²) in [7, 11) is 0. The van der Waals surface area contributed by atoms with Crippen LogP contribution < -0.4 is 0 Å². The number of halogens is 2. The molecule has 0 aromatic carbocycles. The quantitative estimate of drug-likeness (QED) is 0.817. The van der Waals surface area contributed by atoms with Crippen LogP contribution in [0, 0.1) is 6.92 Å².